The van der Waals surface area contributed by atoms with Crippen LogP contribution < -0.4 is 5.32 Å². The Bertz CT molecular complexity index is 263. The summed E-state index contributed by atoms with van der Waals surface area (Å²) >= 11 is 0. The predicted octanol–water partition coefficient (Wildman–Crippen LogP) is 1.46. The summed E-state index contributed by atoms with van der Waals surface area (Å²) in [5.74, 6) is 0.830. The molecule has 1 N–H and O–H groups in total. The first-order valence-corrected chi connectivity index (χ1v) is 8.31. The molecule has 1 rings (SSSR count). The lowest BCUT2D eigenvalue weighted by atomic mass is 9.85. The van der Waals surface area contributed by atoms with Gasteiger partial charge in [-0.15, -0.1) is 0 Å². The van der Waals surface area contributed by atoms with Gasteiger partial charge < -0.3 is 5.32 Å². The SMILES string of the molecule is CC1CNC(C(C)(C)C)CN1CCCS(C)=O. The third kappa shape index (κ3) is 5.06. The van der Waals surface area contributed by atoms with Gasteiger partial charge in [-0.25, -0.2) is 0 Å². The molecule has 0 amide bonds. The molecule has 0 saturated carbocycles. The Morgan fingerprint density at radius 3 is 2.59 bits per heavy atom. The Morgan fingerprint density at radius 2 is 2.06 bits per heavy atom. The summed E-state index contributed by atoms with van der Waals surface area (Å²) in [5, 5.41) is 3.64. The van der Waals surface area contributed by atoms with Crippen molar-refractivity contribution in [3.8, 4) is 0 Å². The second-order valence-corrected chi connectivity index (χ2v) is 7.86. The molecule has 1 fully saturated rings. The highest BCUT2D eigenvalue weighted by atomic mass is 32.2. The van der Waals surface area contributed by atoms with Gasteiger partial charge in [0.15, 0.2) is 0 Å². The van der Waals surface area contributed by atoms with Gasteiger partial charge in [-0.05, 0) is 25.3 Å². The maximum Gasteiger partial charge on any atom is 0.0244 e. The average molecular weight is 260 g/mol. The minimum atomic E-state index is -0.649. The van der Waals surface area contributed by atoms with Crippen molar-refractivity contribution in [2.45, 2.75) is 46.2 Å². The van der Waals surface area contributed by atoms with Crippen LogP contribution in [0.1, 0.15) is 34.1 Å². The highest BCUT2D eigenvalue weighted by Crippen LogP contribution is 2.23. The minimum absolute atomic E-state index is 0.311. The first-order valence-electron chi connectivity index (χ1n) is 6.58. The third-order valence-corrected chi connectivity index (χ3v) is 4.49. The van der Waals surface area contributed by atoms with Crippen LogP contribution >= 0.6 is 0 Å². The van der Waals surface area contributed by atoms with E-state index in [4.69, 9.17) is 0 Å². The van der Waals surface area contributed by atoms with E-state index in [-0.39, 0.29) is 0 Å². The molecule has 17 heavy (non-hydrogen) atoms. The Labute approximate surface area is 109 Å². The van der Waals surface area contributed by atoms with Gasteiger partial charge in [0.05, 0.1) is 0 Å². The van der Waals surface area contributed by atoms with E-state index >= 15 is 0 Å². The monoisotopic (exact) mass is 260 g/mol. The average Bonchev–Trinajstić information content (AvgIpc) is 2.18. The third-order valence-electron chi connectivity index (χ3n) is 3.62. The lowest BCUT2D eigenvalue weighted by Crippen LogP contribution is -2.59. The van der Waals surface area contributed by atoms with Gasteiger partial charge in [0.2, 0.25) is 0 Å². The second kappa shape index (κ2) is 6.30. The topological polar surface area (TPSA) is 32.3 Å². The van der Waals surface area contributed by atoms with Gasteiger partial charge in [-0.1, -0.05) is 20.8 Å². The Hall–Kier alpha value is 0.0700. The molecule has 0 aromatic heterocycles. The summed E-state index contributed by atoms with van der Waals surface area (Å²) in [6.45, 7) is 12.4. The van der Waals surface area contributed by atoms with Crippen LogP contribution in [0.3, 0.4) is 0 Å². The minimum Gasteiger partial charge on any atom is -0.311 e. The maximum absolute atomic E-state index is 11.1. The van der Waals surface area contributed by atoms with Crippen molar-refractivity contribution in [2.24, 2.45) is 5.41 Å². The van der Waals surface area contributed by atoms with Crippen molar-refractivity contribution < 1.29 is 4.21 Å². The standard InChI is InChI=1S/C13H28N2OS/c1-11-9-14-12(13(2,3)4)10-15(11)7-6-8-17(5)16/h11-12,14H,6-10H2,1-5H3. The van der Waals surface area contributed by atoms with E-state index in [9.17, 15) is 4.21 Å². The van der Waals surface area contributed by atoms with Gasteiger partial charge >= 0.3 is 0 Å². The summed E-state index contributed by atoms with van der Waals surface area (Å²) < 4.78 is 11.1. The van der Waals surface area contributed by atoms with Crippen molar-refractivity contribution >= 4 is 10.8 Å². The molecule has 1 saturated heterocycles. The second-order valence-electron chi connectivity index (χ2n) is 6.30. The summed E-state index contributed by atoms with van der Waals surface area (Å²) in [7, 11) is -0.649. The van der Waals surface area contributed by atoms with Crippen LogP contribution in [0.2, 0.25) is 0 Å². The fraction of sp³-hybridized carbons (Fsp3) is 1.00. The van der Waals surface area contributed by atoms with Crippen LogP contribution in [0.25, 0.3) is 0 Å². The predicted molar refractivity (Wildman–Crippen MR) is 75.8 cm³/mol. The van der Waals surface area contributed by atoms with Crippen LogP contribution in [0.4, 0.5) is 0 Å². The van der Waals surface area contributed by atoms with Gasteiger partial charge in [0.1, 0.15) is 0 Å². The van der Waals surface area contributed by atoms with Crippen molar-refractivity contribution in [3.63, 3.8) is 0 Å². The lowest BCUT2D eigenvalue weighted by Gasteiger charge is -2.44. The molecule has 4 heteroatoms. The molecule has 3 atom stereocenters. The van der Waals surface area contributed by atoms with Crippen LogP contribution in [-0.2, 0) is 10.8 Å². The van der Waals surface area contributed by atoms with Gasteiger partial charge in [-0.2, -0.15) is 0 Å². The maximum atomic E-state index is 11.1. The van der Waals surface area contributed by atoms with E-state index in [1.54, 1.807) is 6.26 Å². The van der Waals surface area contributed by atoms with E-state index in [0.717, 1.165) is 31.8 Å². The number of hydrogen-bond donors (Lipinski definition) is 1. The highest BCUT2D eigenvalue weighted by molar-refractivity contribution is 7.84. The quantitative estimate of drug-likeness (QED) is 0.831. The molecular weight excluding hydrogens is 232 g/mol. The van der Waals surface area contributed by atoms with Crippen molar-refractivity contribution in [3.05, 3.63) is 0 Å². The molecule has 0 spiro atoms. The number of piperazine rings is 1. The molecule has 0 radical (unpaired) electrons. The van der Waals surface area contributed by atoms with Crippen LogP contribution in [0.5, 0.6) is 0 Å². The Kier molecular flexibility index (Phi) is 5.61. The smallest absolute Gasteiger partial charge is 0.0244 e. The number of hydrogen-bond acceptors (Lipinski definition) is 3. The fourth-order valence-electron chi connectivity index (χ4n) is 2.28. The zero-order valence-corrected chi connectivity index (χ0v) is 12.8. The van der Waals surface area contributed by atoms with Crippen molar-refractivity contribution in [1.82, 2.24) is 10.2 Å². The van der Waals surface area contributed by atoms with E-state index in [0.29, 0.717) is 17.5 Å². The molecule has 1 aliphatic heterocycles. The van der Waals surface area contributed by atoms with Gasteiger partial charge in [-0.3, -0.25) is 9.11 Å². The molecule has 102 valence electrons. The van der Waals surface area contributed by atoms with E-state index in [2.05, 4.69) is 37.9 Å². The number of nitrogens with zero attached hydrogens (tertiary/aromatic N) is 1. The summed E-state index contributed by atoms with van der Waals surface area (Å²) in [6.07, 6.45) is 2.84. The summed E-state index contributed by atoms with van der Waals surface area (Å²) in [5.41, 5.74) is 0.311. The van der Waals surface area contributed by atoms with Gasteiger partial charge in [0, 0.05) is 48.0 Å². The Morgan fingerprint density at radius 1 is 1.41 bits per heavy atom. The normalized spacial score (nSPS) is 29.2. The Balaban J connectivity index is 2.43. The number of nitrogens with one attached hydrogen (secondary N) is 1. The van der Waals surface area contributed by atoms with Crippen LogP contribution in [0.15, 0.2) is 0 Å². The number of rotatable bonds is 4. The largest absolute Gasteiger partial charge is 0.311 e. The molecule has 0 aromatic rings. The molecular formula is C13H28N2OS. The fourth-order valence-corrected chi connectivity index (χ4v) is 2.82. The van der Waals surface area contributed by atoms with E-state index in [1.807, 2.05) is 0 Å². The van der Waals surface area contributed by atoms with E-state index < -0.39 is 10.8 Å². The first kappa shape index (κ1) is 15.1. The summed E-state index contributed by atoms with van der Waals surface area (Å²) in [6, 6.07) is 1.16. The van der Waals surface area contributed by atoms with Gasteiger partial charge in [0.25, 0.3) is 0 Å². The molecule has 1 aliphatic rings. The first-order chi connectivity index (χ1) is 7.80. The molecule has 0 aromatic carbocycles. The lowest BCUT2D eigenvalue weighted by molar-refractivity contribution is 0.0941. The molecule has 0 bridgehead atoms. The van der Waals surface area contributed by atoms with Crippen molar-refractivity contribution in [1.29, 1.82) is 0 Å². The molecule has 1 heterocycles. The molecule has 3 unspecified atom stereocenters. The van der Waals surface area contributed by atoms with E-state index in [1.165, 1.54) is 0 Å². The zero-order valence-electron chi connectivity index (χ0n) is 12.0. The zero-order chi connectivity index (χ0) is 13.1. The molecule has 3 nitrogen and oxygen atoms in total. The van der Waals surface area contributed by atoms with Crippen molar-refractivity contribution in [2.75, 3.05) is 31.6 Å². The molecule has 0 aliphatic carbocycles. The van der Waals surface area contributed by atoms with Crippen LogP contribution in [0, 0.1) is 5.41 Å². The van der Waals surface area contributed by atoms with Crippen LogP contribution in [-0.4, -0.2) is 52.8 Å². The summed E-state index contributed by atoms with van der Waals surface area (Å²) in [4.78, 5) is 2.54. The highest BCUT2D eigenvalue weighted by Gasteiger charge is 2.31.